The van der Waals surface area contributed by atoms with Crippen LogP contribution in [0, 0.1) is 0 Å². The maximum absolute atomic E-state index is 11.9. The molecule has 1 heterocycles. The van der Waals surface area contributed by atoms with Crippen LogP contribution < -0.4 is 10.2 Å². The lowest BCUT2D eigenvalue weighted by atomic mass is 10.1. The van der Waals surface area contributed by atoms with Gasteiger partial charge in [-0.05, 0) is 42.3 Å². The van der Waals surface area contributed by atoms with E-state index in [4.69, 9.17) is 0 Å². The van der Waals surface area contributed by atoms with E-state index in [9.17, 15) is 4.79 Å². The Morgan fingerprint density at radius 2 is 1.95 bits per heavy atom. The summed E-state index contributed by atoms with van der Waals surface area (Å²) in [6.45, 7) is 2.48. The zero-order valence-electron chi connectivity index (χ0n) is 11.2. The van der Waals surface area contributed by atoms with Gasteiger partial charge in [0.05, 0.1) is 11.4 Å². The third-order valence-corrected chi connectivity index (χ3v) is 3.97. The van der Waals surface area contributed by atoms with Gasteiger partial charge in [0, 0.05) is 10.2 Å². The van der Waals surface area contributed by atoms with Gasteiger partial charge in [0.25, 0.3) is 0 Å². The normalized spacial score (nSPS) is 13.9. The molecule has 4 heteroatoms. The van der Waals surface area contributed by atoms with Crippen molar-refractivity contribution in [2.24, 2.45) is 0 Å². The second kappa shape index (κ2) is 5.29. The fourth-order valence-corrected chi connectivity index (χ4v) is 2.77. The van der Waals surface area contributed by atoms with Crippen LogP contribution in [0.3, 0.4) is 0 Å². The maximum atomic E-state index is 11.9. The van der Waals surface area contributed by atoms with Crippen molar-refractivity contribution >= 4 is 38.9 Å². The van der Waals surface area contributed by atoms with E-state index in [2.05, 4.69) is 52.4 Å². The van der Waals surface area contributed by atoms with Crippen LogP contribution in [-0.2, 0) is 11.2 Å². The lowest BCUT2D eigenvalue weighted by Crippen LogP contribution is -2.34. The molecular weight excluding hydrogens is 316 g/mol. The number of fused-ring (bicyclic) bond motifs is 1. The molecule has 3 nitrogen and oxygen atoms in total. The largest absolute Gasteiger partial charge is 0.330 e. The van der Waals surface area contributed by atoms with Crippen LogP contribution in [0.15, 0.2) is 46.9 Å². The monoisotopic (exact) mass is 330 g/mol. The Kier molecular flexibility index (Phi) is 3.49. The molecule has 1 aliphatic heterocycles. The Balaban J connectivity index is 2.03. The van der Waals surface area contributed by atoms with Gasteiger partial charge in [0.15, 0.2) is 0 Å². The number of anilines is 3. The van der Waals surface area contributed by atoms with Gasteiger partial charge >= 0.3 is 0 Å². The molecule has 2 aromatic rings. The van der Waals surface area contributed by atoms with Crippen molar-refractivity contribution in [2.75, 3.05) is 16.8 Å². The molecule has 0 spiro atoms. The van der Waals surface area contributed by atoms with Gasteiger partial charge in [-0.1, -0.05) is 35.0 Å². The zero-order chi connectivity index (χ0) is 14.1. The molecule has 0 radical (unpaired) electrons. The van der Waals surface area contributed by atoms with E-state index in [1.165, 1.54) is 5.56 Å². The van der Waals surface area contributed by atoms with Gasteiger partial charge in [-0.25, -0.2) is 0 Å². The number of carbonyl (C=O) groups is 1. The molecule has 1 aliphatic rings. The Hall–Kier alpha value is -1.81. The van der Waals surface area contributed by atoms with E-state index < -0.39 is 0 Å². The second-order valence-electron chi connectivity index (χ2n) is 4.82. The van der Waals surface area contributed by atoms with E-state index in [0.29, 0.717) is 6.54 Å². The van der Waals surface area contributed by atoms with Crippen LogP contribution in [0.25, 0.3) is 0 Å². The predicted octanol–water partition coefficient (Wildman–Crippen LogP) is 4.10. The highest BCUT2D eigenvalue weighted by Crippen LogP contribution is 2.36. The average molecular weight is 331 g/mol. The molecule has 0 saturated carbocycles. The number of nitrogens with one attached hydrogen (secondary N) is 1. The van der Waals surface area contributed by atoms with Crippen molar-refractivity contribution in [3.8, 4) is 0 Å². The van der Waals surface area contributed by atoms with Crippen LogP contribution in [0.5, 0.6) is 0 Å². The average Bonchev–Trinajstić information content (AvgIpc) is 2.46. The minimum Gasteiger partial charge on any atom is -0.330 e. The molecular formula is C16H15BrN2O. The summed E-state index contributed by atoms with van der Waals surface area (Å²) in [5.74, 6) is 0.00941. The minimum absolute atomic E-state index is 0.00941. The number of benzene rings is 2. The molecule has 0 saturated heterocycles. The Morgan fingerprint density at radius 3 is 2.65 bits per heavy atom. The summed E-state index contributed by atoms with van der Waals surface area (Å²) in [6.07, 6.45) is 1.02. The summed E-state index contributed by atoms with van der Waals surface area (Å²) in [5.41, 5.74) is 4.21. The quantitative estimate of drug-likeness (QED) is 0.898. The van der Waals surface area contributed by atoms with E-state index in [0.717, 1.165) is 28.0 Å². The highest BCUT2D eigenvalue weighted by Gasteiger charge is 2.23. The van der Waals surface area contributed by atoms with Crippen molar-refractivity contribution in [3.05, 3.63) is 52.5 Å². The van der Waals surface area contributed by atoms with Crippen LogP contribution in [0.1, 0.15) is 12.5 Å². The molecule has 2 aromatic carbocycles. The van der Waals surface area contributed by atoms with Gasteiger partial charge in [0.2, 0.25) is 5.91 Å². The number of nitrogens with zero attached hydrogens (tertiary/aromatic N) is 1. The molecule has 0 unspecified atom stereocenters. The Labute approximate surface area is 126 Å². The lowest BCUT2D eigenvalue weighted by Gasteiger charge is -2.31. The third kappa shape index (κ3) is 2.43. The van der Waals surface area contributed by atoms with E-state index in [1.807, 2.05) is 23.1 Å². The zero-order valence-corrected chi connectivity index (χ0v) is 12.8. The third-order valence-electron chi connectivity index (χ3n) is 3.48. The molecule has 0 aromatic heterocycles. The lowest BCUT2D eigenvalue weighted by molar-refractivity contribution is -0.115. The molecule has 0 fully saturated rings. The first-order valence-electron chi connectivity index (χ1n) is 6.63. The molecule has 0 aliphatic carbocycles. The first-order valence-corrected chi connectivity index (χ1v) is 7.42. The summed E-state index contributed by atoms with van der Waals surface area (Å²) in [5, 5.41) is 2.91. The van der Waals surface area contributed by atoms with Crippen molar-refractivity contribution in [2.45, 2.75) is 13.3 Å². The number of hydrogen-bond acceptors (Lipinski definition) is 2. The number of aryl methyl sites for hydroxylation is 1. The second-order valence-corrected chi connectivity index (χ2v) is 5.73. The van der Waals surface area contributed by atoms with Crippen molar-refractivity contribution in [3.63, 3.8) is 0 Å². The van der Waals surface area contributed by atoms with Gasteiger partial charge in [0.1, 0.15) is 6.54 Å². The summed E-state index contributed by atoms with van der Waals surface area (Å²) < 4.78 is 0.958. The SMILES string of the molecule is CCc1ccc(N2CC(=O)Nc3cc(Br)ccc32)cc1. The minimum atomic E-state index is 0.00941. The van der Waals surface area contributed by atoms with Crippen LogP contribution in [0.4, 0.5) is 17.1 Å². The van der Waals surface area contributed by atoms with Gasteiger partial charge < -0.3 is 10.2 Å². The molecule has 1 N–H and O–H groups in total. The van der Waals surface area contributed by atoms with Gasteiger partial charge in [-0.3, -0.25) is 4.79 Å². The molecule has 0 atom stereocenters. The number of rotatable bonds is 2. The summed E-state index contributed by atoms with van der Waals surface area (Å²) in [4.78, 5) is 13.9. The molecule has 3 rings (SSSR count). The van der Waals surface area contributed by atoms with Gasteiger partial charge in [-0.2, -0.15) is 0 Å². The van der Waals surface area contributed by atoms with E-state index >= 15 is 0 Å². The summed E-state index contributed by atoms with van der Waals surface area (Å²) in [6, 6.07) is 14.3. The van der Waals surface area contributed by atoms with Gasteiger partial charge in [-0.15, -0.1) is 0 Å². The maximum Gasteiger partial charge on any atom is 0.244 e. The van der Waals surface area contributed by atoms with Crippen LogP contribution in [0.2, 0.25) is 0 Å². The highest BCUT2D eigenvalue weighted by atomic mass is 79.9. The Bertz CT molecular complexity index is 652. The topological polar surface area (TPSA) is 32.3 Å². The number of halogens is 1. The number of hydrogen-bond donors (Lipinski definition) is 1. The molecule has 102 valence electrons. The van der Waals surface area contributed by atoms with Crippen molar-refractivity contribution < 1.29 is 4.79 Å². The van der Waals surface area contributed by atoms with Crippen molar-refractivity contribution in [1.82, 2.24) is 0 Å². The molecule has 20 heavy (non-hydrogen) atoms. The van der Waals surface area contributed by atoms with E-state index in [1.54, 1.807) is 0 Å². The smallest absolute Gasteiger partial charge is 0.244 e. The fourth-order valence-electron chi connectivity index (χ4n) is 2.40. The first-order chi connectivity index (χ1) is 9.67. The van der Waals surface area contributed by atoms with Crippen LogP contribution >= 0.6 is 15.9 Å². The number of carbonyl (C=O) groups excluding carboxylic acids is 1. The van der Waals surface area contributed by atoms with E-state index in [-0.39, 0.29) is 5.91 Å². The molecule has 1 amide bonds. The Morgan fingerprint density at radius 1 is 1.20 bits per heavy atom. The summed E-state index contributed by atoms with van der Waals surface area (Å²) in [7, 11) is 0. The molecule has 0 bridgehead atoms. The standard InChI is InChI=1S/C16H15BrN2O/c1-2-11-3-6-13(7-4-11)19-10-16(20)18-14-9-12(17)5-8-15(14)19/h3-9H,2,10H2,1H3,(H,18,20). The van der Waals surface area contributed by atoms with Crippen molar-refractivity contribution in [1.29, 1.82) is 0 Å². The summed E-state index contributed by atoms with van der Waals surface area (Å²) >= 11 is 3.44. The van der Waals surface area contributed by atoms with Crippen LogP contribution in [-0.4, -0.2) is 12.5 Å². The predicted molar refractivity (Wildman–Crippen MR) is 85.6 cm³/mol. The highest BCUT2D eigenvalue weighted by molar-refractivity contribution is 9.10. The number of amides is 1. The first kappa shape index (κ1) is 13.2. The fraction of sp³-hybridized carbons (Fsp3) is 0.188.